The first kappa shape index (κ1) is 18.3. The van der Waals surface area contributed by atoms with Crippen LogP contribution in [0, 0.1) is 0 Å². The van der Waals surface area contributed by atoms with Gasteiger partial charge in [0.2, 0.25) is 5.91 Å². The Balaban J connectivity index is 1.87. The maximum Gasteiger partial charge on any atom is 0.416 e. The standard InChI is InChI=1S/C17H16F3N3O2/c1-21-16(25)11-2-6-14(7-3-11)23-15(24)10-22-13-8-4-12(5-9-13)17(18,19)20/h2-9,22H,10H2,1H3,(H,21,25)(H,23,24). The van der Waals surface area contributed by atoms with E-state index in [-0.39, 0.29) is 18.4 Å². The van der Waals surface area contributed by atoms with Crippen LogP contribution in [-0.4, -0.2) is 25.4 Å². The minimum Gasteiger partial charge on any atom is -0.376 e. The Morgan fingerprint density at radius 2 is 1.48 bits per heavy atom. The predicted molar refractivity (Wildman–Crippen MR) is 88.4 cm³/mol. The van der Waals surface area contributed by atoms with E-state index in [1.165, 1.54) is 19.2 Å². The number of alkyl halides is 3. The lowest BCUT2D eigenvalue weighted by Gasteiger charge is -2.10. The average Bonchev–Trinajstić information content (AvgIpc) is 2.59. The first-order valence-electron chi connectivity index (χ1n) is 7.33. The highest BCUT2D eigenvalue weighted by Gasteiger charge is 2.29. The van der Waals surface area contributed by atoms with Crippen LogP contribution >= 0.6 is 0 Å². The van der Waals surface area contributed by atoms with Gasteiger partial charge in [0, 0.05) is 24.0 Å². The molecule has 0 radical (unpaired) electrons. The molecular formula is C17H16F3N3O2. The molecule has 2 amide bonds. The topological polar surface area (TPSA) is 70.2 Å². The van der Waals surface area contributed by atoms with E-state index >= 15 is 0 Å². The van der Waals surface area contributed by atoms with Crippen molar-refractivity contribution in [2.75, 3.05) is 24.2 Å². The number of hydrogen-bond donors (Lipinski definition) is 3. The minimum absolute atomic E-state index is 0.109. The van der Waals surface area contributed by atoms with E-state index in [4.69, 9.17) is 0 Å². The summed E-state index contributed by atoms with van der Waals surface area (Å²) in [5.74, 6) is -0.602. The second-order valence-corrected chi connectivity index (χ2v) is 5.13. The molecule has 0 spiro atoms. The smallest absolute Gasteiger partial charge is 0.376 e. The summed E-state index contributed by atoms with van der Waals surface area (Å²) in [5, 5.41) is 7.84. The summed E-state index contributed by atoms with van der Waals surface area (Å²) in [6.07, 6.45) is -4.39. The molecule has 2 rings (SSSR count). The van der Waals surface area contributed by atoms with Gasteiger partial charge in [-0.1, -0.05) is 0 Å². The molecule has 5 nitrogen and oxygen atoms in total. The lowest BCUT2D eigenvalue weighted by molar-refractivity contribution is -0.137. The summed E-state index contributed by atoms with van der Waals surface area (Å²) in [5.41, 5.74) is 0.618. The Kier molecular flexibility index (Phi) is 5.63. The van der Waals surface area contributed by atoms with Gasteiger partial charge in [-0.2, -0.15) is 13.2 Å². The second-order valence-electron chi connectivity index (χ2n) is 5.13. The Morgan fingerprint density at radius 1 is 0.920 bits per heavy atom. The summed E-state index contributed by atoms with van der Waals surface area (Å²) in [7, 11) is 1.52. The van der Waals surface area contributed by atoms with Crippen molar-refractivity contribution in [1.29, 1.82) is 0 Å². The highest BCUT2D eigenvalue weighted by atomic mass is 19.4. The molecule has 0 heterocycles. The van der Waals surface area contributed by atoms with Crippen molar-refractivity contribution in [2.45, 2.75) is 6.18 Å². The van der Waals surface area contributed by atoms with Crippen molar-refractivity contribution in [1.82, 2.24) is 5.32 Å². The third-order valence-corrected chi connectivity index (χ3v) is 3.32. The van der Waals surface area contributed by atoms with E-state index in [1.54, 1.807) is 24.3 Å². The van der Waals surface area contributed by atoms with Crippen LogP contribution in [0.2, 0.25) is 0 Å². The molecule has 0 bridgehead atoms. The third-order valence-electron chi connectivity index (χ3n) is 3.32. The van der Waals surface area contributed by atoms with Gasteiger partial charge in [0.05, 0.1) is 12.1 Å². The minimum atomic E-state index is -4.39. The molecule has 0 unspecified atom stereocenters. The highest BCUT2D eigenvalue weighted by Crippen LogP contribution is 2.29. The summed E-state index contributed by atoms with van der Waals surface area (Å²) in [6.45, 7) is -0.109. The zero-order valence-corrected chi connectivity index (χ0v) is 13.3. The van der Waals surface area contributed by atoms with Gasteiger partial charge in [-0.25, -0.2) is 0 Å². The van der Waals surface area contributed by atoms with Crippen LogP contribution in [-0.2, 0) is 11.0 Å². The molecule has 0 aromatic heterocycles. The Morgan fingerprint density at radius 3 is 2.00 bits per heavy atom. The summed E-state index contributed by atoms with van der Waals surface area (Å²) in [4.78, 5) is 23.3. The molecule has 0 saturated carbocycles. The lowest BCUT2D eigenvalue weighted by Crippen LogP contribution is -2.22. The maximum absolute atomic E-state index is 12.5. The fraction of sp³-hybridized carbons (Fsp3) is 0.176. The zero-order chi connectivity index (χ0) is 18.4. The van der Waals surface area contributed by atoms with Crippen LogP contribution < -0.4 is 16.0 Å². The summed E-state index contributed by atoms with van der Waals surface area (Å²) >= 11 is 0. The number of nitrogens with one attached hydrogen (secondary N) is 3. The van der Waals surface area contributed by atoms with Crippen LogP contribution in [0.5, 0.6) is 0 Å². The number of hydrogen-bond acceptors (Lipinski definition) is 3. The fourth-order valence-electron chi connectivity index (χ4n) is 2.01. The number of benzene rings is 2. The van der Waals surface area contributed by atoms with Crippen LogP contribution in [0.1, 0.15) is 15.9 Å². The van der Waals surface area contributed by atoms with Gasteiger partial charge in [0.25, 0.3) is 5.91 Å². The molecule has 2 aromatic rings. The molecule has 0 aliphatic carbocycles. The van der Waals surface area contributed by atoms with Gasteiger partial charge in [-0.15, -0.1) is 0 Å². The van der Waals surface area contributed by atoms with Crippen LogP contribution in [0.3, 0.4) is 0 Å². The highest BCUT2D eigenvalue weighted by molar-refractivity contribution is 5.96. The van der Waals surface area contributed by atoms with E-state index < -0.39 is 11.7 Å². The fourth-order valence-corrected chi connectivity index (χ4v) is 2.01. The van der Waals surface area contributed by atoms with Gasteiger partial charge in [0.1, 0.15) is 0 Å². The molecule has 0 aliphatic rings. The zero-order valence-electron chi connectivity index (χ0n) is 13.3. The number of carbonyl (C=O) groups excluding carboxylic acids is 2. The number of halogens is 3. The molecule has 0 aliphatic heterocycles. The lowest BCUT2D eigenvalue weighted by atomic mass is 10.2. The van der Waals surface area contributed by atoms with E-state index in [0.29, 0.717) is 16.9 Å². The summed E-state index contributed by atoms with van der Waals surface area (Å²) < 4.78 is 37.4. The number of amides is 2. The monoisotopic (exact) mass is 351 g/mol. The van der Waals surface area contributed by atoms with E-state index in [2.05, 4.69) is 16.0 Å². The molecule has 0 fully saturated rings. The van der Waals surface area contributed by atoms with Crippen molar-refractivity contribution in [3.63, 3.8) is 0 Å². The first-order valence-corrected chi connectivity index (χ1v) is 7.33. The van der Waals surface area contributed by atoms with Gasteiger partial charge < -0.3 is 16.0 Å². The van der Waals surface area contributed by atoms with Gasteiger partial charge in [-0.05, 0) is 48.5 Å². The van der Waals surface area contributed by atoms with Crippen LogP contribution in [0.25, 0.3) is 0 Å². The van der Waals surface area contributed by atoms with Crippen molar-refractivity contribution in [3.05, 3.63) is 59.7 Å². The van der Waals surface area contributed by atoms with Crippen molar-refractivity contribution in [3.8, 4) is 0 Å². The van der Waals surface area contributed by atoms with E-state index in [1.807, 2.05) is 0 Å². The normalized spacial score (nSPS) is 10.9. The second kappa shape index (κ2) is 7.69. The van der Waals surface area contributed by atoms with Gasteiger partial charge in [-0.3, -0.25) is 9.59 Å². The van der Waals surface area contributed by atoms with Gasteiger partial charge in [0.15, 0.2) is 0 Å². The third kappa shape index (κ3) is 5.23. The molecule has 0 atom stereocenters. The summed E-state index contributed by atoms with van der Waals surface area (Å²) in [6, 6.07) is 10.7. The molecule has 25 heavy (non-hydrogen) atoms. The average molecular weight is 351 g/mol. The molecule has 3 N–H and O–H groups in total. The van der Waals surface area contributed by atoms with Crippen molar-refractivity contribution < 1.29 is 22.8 Å². The molecular weight excluding hydrogens is 335 g/mol. The quantitative estimate of drug-likeness (QED) is 0.775. The SMILES string of the molecule is CNC(=O)c1ccc(NC(=O)CNc2ccc(C(F)(F)F)cc2)cc1. The predicted octanol–water partition coefficient (Wildman–Crippen LogP) is 3.12. The first-order chi connectivity index (χ1) is 11.8. The molecule has 2 aromatic carbocycles. The van der Waals surface area contributed by atoms with E-state index in [0.717, 1.165) is 12.1 Å². The maximum atomic E-state index is 12.5. The van der Waals surface area contributed by atoms with E-state index in [9.17, 15) is 22.8 Å². The number of anilines is 2. The van der Waals surface area contributed by atoms with Crippen molar-refractivity contribution >= 4 is 23.2 Å². The molecule has 132 valence electrons. The Labute approximate surface area is 142 Å². The molecule has 0 saturated heterocycles. The molecule has 8 heteroatoms. The Bertz CT molecular complexity index is 741. The van der Waals surface area contributed by atoms with Gasteiger partial charge >= 0.3 is 6.18 Å². The number of carbonyl (C=O) groups is 2. The Hall–Kier alpha value is -3.03. The van der Waals surface area contributed by atoms with Crippen LogP contribution in [0.4, 0.5) is 24.5 Å². The van der Waals surface area contributed by atoms with Crippen molar-refractivity contribution in [2.24, 2.45) is 0 Å². The van der Waals surface area contributed by atoms with Crippen LogP contribution in [0.15, 0.2) is 48.5 Å². The largest absolute Gasteiger partial charge is 0.416 e. The number of rotatable bonds is 5.